The van der Waals surface area contributed by atoms with Crippen LogP contribution >= 0.6 is 0 Å². The molecule has 0 unspecified atom stereocenters. The zero-order chi connectivity index (χ0) is 28.6. The molecule has 3 aromatic heterocycles. The molecule has 42 heavy (non-hydrogen) atoms. The van der Waals surface area contributed by atoms with Crippen molar-refractivity contribution >= 4 is 35.2 Å². The summed E-state index contributed by atoms with van der Waals surface area (Å²) in [7, 11) is -1.36. The first-order valence-electron chi connectivity index (χ1n) is 14.5. The maximum Gasteiger partial charge on any atom is 0.120 e. The van der Waals surface area contributed by atoms with Gasteiger partial charge in [0.05, 0.1) is 13.7 Å². The molecule has 1 aliphatic rings. The van der Waals surface area contributed by atoms with E-state index in [1.54, 1.807) is 0 Å². The Morgan fingerprint density at radius 3 is 2.21 bits per heavy atom. The van der Waals surface area contributed by atoms with Crippen molar-refractivity contribution in [1.29, 1.82) is 0 Å². The Labute approximate surface area is 263 Å². The average molecular weight is 745 g/mol. The van der Waals surface area contributed by atoms with Crippen LogP contribution in [0.15, 0.2) is 95.7 Å². The van der Waals surface area contributed by atoms with Crippen molar-refractivity contribution in [1.82, 2.24) is 9.97 Å². The van der Waals surface area contributed by atoms with Gasteiger partial charge in [-0.25, -0.2) is 0 Å². The minimum Gasteiger partial charge on any atom is -0.501 e. The molecule has 5 heteroatoms. The first-order valence-corrected chi connectivity index (χ1v) is 18.0. The van der Waals surface area contributed by atoms with Crippen LogP contribution in [-0.2, 0) is 20.1 Å². The van der Waals surface area contributed by atoms with Crippen LogP contribution in [0.3, 0.4) is 0 Å². The normalized spacial score (nSPS) is 13.1. The third kappa shape index (κ3) is 6.49. The summed E-state index contributed by atoms with van der Waals surface area (Å²) < 4.78 is 6.24. The van der Waals surface area contributed by atoms with E-state index in [9.17, 15) is 0 Å². The maximum absolute atomic E-state index is 6.24. The van der Waals surface area contributed by atoms with Gasteiger partial charge in [-0.3, -0.25) is 0 Å². The van der Waals surface area contributed by atoms with Gasteiger partial charge in [-0.15, -0.1) is 54.1 Å². The number of fused-ring (bicyclic) bond motifs is 3. The van der Waals surface area contributed by atoms with Gasteiger partial charge in [-0.05, 0) is 53.3 Å². The third-order valence-electron chi connectivity index (χ3n) is 7.83. The largest absolute Gasteiger partial charge is 0.501 e. The summed E-state index contributed by atoms with van der Waals surface area (Å²) in [5, 5.41) is 3.81. The number of nitrogens with zero attached hydrogens (tertiary/aromatic N) is 2. The SMILES string of the molecule is CC(C)c1ccc(-c2[c-]cccc2)nc1.C[Si](C)(C)c1ccc2oc3c(-c4ccc(C5CC5)cn4)[c-]ccc3c2c1.[Ir]. The molecule has 3 aromatic carbocycles. The third-order valence-corrected chi connectivity index (χ3v) is 9.87. The van der Waals surface area contributed by atoms with Crippen LogP contribution in [0.1, 0.15) is 49.7 Å². The van der Waals surface area contributed by atoms with Crippen LogP contribution in [-0.4, -0.2) is 18.0 Å². The van der Waals surface area contributed by atoms with Gasteiger partial charge in [0.25, 0.3) is 0 Å². The molecular weight excluding hydrogens is 709 g/mol. The Kier molecular flexibility index (Phi) is 8.93. The molecule has 1 aliphatic carbocycles. The van der Waals surface area contributed by atoms with Crippen LogP contribution in [0.25, 0.3) is 44.5 Å². The number of benzene rings is 3. The Balaban J connectivity index is 0.000000189. The monoisotopic (exact) mass is 745 g/mol. The Hall–Kier alpha value is -3.37. The number of hydrogen-bond donors (Lipinski definition) is 0. The molecule has 1 saturated carbocycles. The van der Waals surface area contributed by atoms with E-state index in [-0.39, 0.29) is 20.1 Å². The van der Waals surface area contributed by atoms with Crippen molar-refractivity contribution in [3.05, 3.63) is 115 Å². The zero-order valence-corrected chi connectivity index (χ0v) is 28.3. The fraction of sp³-hybridized carbons (Fsp3) is 0.243. The predicted octanol–water partition coefficient (Wildman–Crippen LogP) is 9.54. The van der Waals surface area contributed by atoms with E-state index in [4.69, 9.17) is 9.40 Å². The standard InChI is InChI=1S/C23H22NOSi.C14H14N.Ir/c1-26(2,3)17-10-12-22-20(13-17)18-5-4-6-19(23(18)25-22)21-11-9-16(14-24-21)15-7-8-15;1-11(2)13-8-9-14(15-10-13)12-6-4-3-5-7-12;/h4-5,9-15H,7-8H2,1-3H3;3-6,8-11H,1-2H3;/q2*-1;. The van der Waals surface area contributed by atoms with E-state index >= 15 is 0 Å². The van der Waals surface area contributed by atoms with Crippen molar-refractivity contribution < 1.29 is 24.5 Å². The van der Waals surface area contributed by atoms with E-state index in [1.807, 2.05) is 42.7 Å². The number of hydrogen-bond acceptors (Lipinski definition) is 3. The molecule has 3 heterocycles. The minimum absolute atomic E-state index is 0. The van der Waals surface area contributed by atoms with Crippen LogP contribution in [0.5, 0.6) is 0 Å². The van der Waals surface area contributed by atoms with Crippen molar-refractivity contribution in [2.24, 2.45) is 0 Å². The smallest absolute Gasteiger partial charge is 0.120 e. The molecule has 0 aliphatic heterocycles. The van der Waals surface area contributed by atoms with Crippen LogP contribution in [0.4, 0.5) is 0 Å². The fourth-order valence-electron chi connectivity index (χ4n) is 5.07. The first kappa shape index (κ1) is 30.1. The number of pyridine rings is 2. The number of furan rings is 1. The molecule has 7 rings (SSSR count). The molecule has 0 atom stereocenters. The number of aromatic nitrogens is 2. The summed E-state index contributed by atoms with van der Waals surface area (Å²) in [4.78, 5) is 9.14. The molecule has 0 N–H and O–H groups in total. The molecule has 3 nitrogen and oxygen atoms in total. The van der Waals surface area contributed by atoms with Gasteiger partial charge >= 0.3 is 0 Å². The van der Waals surface area contributed by atoms with Crippen molar-refractivity contribution in [3.63, 3.8) is 0 Å². The Bertz CT molecular complexity index is 1780. The Morgan fingerprint density at radius 1 is 0.810 bits per heavy atom. The molecule has 6 aromatic rings. The summed E-state index contributed by atoms with van der Waals surface area (Å²) in [6.07, 6.45) is 6.56. The second-order valence-corrected chi connectivity index (χ2v) is 17.4. The second-order valence-electron chi connectivity index (χ2n) is 12.3. The van der Waals surface area contributed by atoms with Crippen molar-refractivity contribution in [3.8, 4) is 22.5 Å². The molecule has 0 saturated heterocycles. The topological polar surface area (TPSA) is 38.9 Å². The van der Waals surface area contributed by atoms with Crippen LogP contribution < -0.4 is 5.19 Å². The molecule has 1 radical (unpaired) electrons. The molecule has 0 bridgehead atoms. The van der Waals surface area contributed by atoms with Crippen LogP contribution in [0, 0.1) is 12.1 Å². The summed E-state index contributed by atoms with van der Waals surface area (Å²) in [5.41, 5.74) is 8.38. The fourth-order valence-corrected chi connectivity index (χ4v) is 6.23. The zero-order valence-electron chi connectivity index (χ0n) is 24.9. The van der Waals surface area contributed by atoms with Gasteiger partial charge < -0.3 is 14.4 Å². The minimum atomic E-state index is -1.36. The van der Waals surface area contributed by atoms with Gasteiger partial charge in [0, 0.05) is 37.9 Å². The van der Waals surface area contributed by atoms with Crippen molar-refractivity contribution in [2.45, 2.75) is 58.2 Å². The van der Waals surface area contributed by atoms with E-state index < -0.39 is 8.07 Å². The van der Waals surface area contributed by atoms with E-state index in [2.05, 4.69) is 99.1 Å². The summed E-state index contributed by atoms with van der Waals surface area (Å²) in [5.74, 6) is 1.26. The predicted molar refractivity (Wildman–Crippen MR) is 173 cm³/mol. The quantitative estimate of drug-likeness (QED) is 0.130. The number of rotatable bonds is 5. The molecule has 1 fully saturated rings. The molecular formula is C37H36IrN2OSi-2. The molecule has 0 amide bonds. The van der Waals surface area contributed by atoms with Gasteiger partial charge in [0.15, 0.2) is 0 Å². The van der Waals surface area contributed by atoms with Crippen LogP contribution in [0.2, 0.25) is 19.6 Å². The van der Waals surface area contributed by atoms with Gasteiger partial charge in [0.1, 0.15) is 5.58 Å². The maximum atomic E-state index is 6.24. The van der Waals surface area contributed by atoms with E-state index in [0.29, 0.717) is 5.92 Å². The summed E-state index contributed by atoms with van der Waals surface area (Å²) in [6, 6.07) is 33.7. The second kappa shape index (κ2) is 12.5. The summed E-state index contributed by atoms with van der Waals surface area (Å²) in [6.45, 7) is 11.5. The van der Waals surface area contributed by atoms with Gasteiger partial charge in [-0.1, -0.05) is 86.0 Å². The van der Waals surface area contributed by atoms with Crippen molar-refractivity contribution in [2.75, 3.05) is 0 Å². The van der Waals surface area contributed by atoms with Gasteiger partial charge in [0.2, 0.25) is 0 Å². The average Bonchev–Trinajstić information content (AvgIpc) is 3.77. The summed E-state index contributed by atoms with van der Waals surface area (Å²) >= 11 is 0. The molecule has 0 spiro atoms. The van der Waals surface area contributed by atoms with E-state index in [0.717, 1.165) is 45.0 Å². The molecule has 215 valence electrons. The van der Waals surface area contributed by atoms with Gasteiger partial charge in [-0.2, -0.15) is 0 Å². The Morgan fingerprint density at radius 2 is 1.60 bits per heavy atom. The first-order chi connectivity index (χ1) is 19.8. The van der Waals surface area contributed by atoms with E-state index in [1.165, 1.54) is 34.5 Å².